The second-order valence-corrected chi connectivity index (χ2v) is 9.18. The van der Waals surface area contributed by atoms with Gasteiger partial charge in [-0.2, -0.15) is 11.8 Å². The van der Waals surface area contributed by atoms with Crippen LogP contribution in [0.25, 0.3) is 0 Å². The maximum absolute atomic E-state index is 6.15. The van der Waals surface area contributed by atoms with Gasteiger partial charge in [0.15, 0.2) is 5.96 Å². The Morgan fingerprint density at radius 3 is 2.55 bits per heavy atom. The molecular weight excluding hydrogens is 497 g/mol. The largest absolute Gasteiger partial charge is 0.381 e. The molecule has 2 aliphatic rings. The van der Waals surface area contributed by atoms with Gasteiger partial charge >= 0.3 is 0 Å². The first kappa shape index (κ1) is 24.8. The van der Waals surface area contributed by atoms with E-state index in [4.69, 9.17) is 9.47 Å². The van der Waals surface area contributed by atoms with Crippen LogP contribution < -0.4 is 10.6 Å². The third kappa shape index (κ3) is 7.01. The van der Waals surface area contributed by atoms with Gasteiger partial charge in [0.1, 0.15) is 0 Å². The van der Waals surface area contributed by atoms with Crippen molar-refractivity contribution in [2.24, 2.45) is 10.9 Å². The Labute approximate surface area is 197 Å². The van der Waals surface area contributed by atoms with Crippen LogP contribution in [-0.4, -0.2) is 56.9 Å². The lowest BCUT2D eigenvalue weighted by molar-refractivity contribution is -0.0265. The number of aliphatic imine (C=N–C) groups is 1. The molecule has 0 amide bonds. The van der Waals surface area contributed by atoms with Crippen LogP contribution in [0.4, 0.5) is 0 Å². The normalized spacial score (nSPS) is 24.4. The molecule has 0 spiro atoms. The van der Waals surface area contributed by atoms with Crippen molar-refractivity contribution < 1.29 is 9.47 Å². The maximum atomic E-state index is 6.15. The first-order valence-electron chi connectivity index (χ1n) is 10.4. The van der Waals surface area contributed by atoms with Crippen LogP contribution in [0.5, 0.6) is 0 Å². The Morgan fingerprint density at radius 1 is 1.17 bits per heavy atom. The third-order valence-corrected chi connectivity index (χ3v) is 7.44. The molecule has 0 aliphatic carbocycles. The molecule has 2 fully saturated rings. The van der Waals surface area contributed by atoms with Crippen LogP contribution in [0.1, 0.15) is 42.9 Å². The van der Waals surface area contributed by atoms with E-state index in [9.17, 15) is 0 Å². The van der Waals surface area contributed by atoms with Gasteiger partial charge in [-0.05, 0) is 44.4 Å². The van der Waals surface area contributed by atoms with Gasteiger partial charge in [-0.1, -0.05) is 29.8 Å². The van der Waals surface area contributed by atoms with Crippen molar-refractivity contribution in [1.29, 1.82) is 0 Å². The van der Waals surface area contributed by atoms with E-state index in [1.165, 1.54) is 17.5 Å². The van der Waals surface area contributed by atoms with Crippen molar-refractivity contribution in [2.45, 2.75) is 43.5 Å². The van der Waals surface area contributed by atoms with Gasteiger partial charge in [-0.3, -0.25) is 4.99 Å². The number of thioether (sulfide) groups is 1. The number of guanidine groups is 1. The molecule has 164 valence electrons. The van der Waals surface area contributed by atoms with Crippen LogP contribution in [0.2, 0.25) is 0 Å². The van der Waals surface area contributed by atoms with Crippen molar-refractivity contribution in [3.05, 3.63) is 35.4 Å². The monoisotopic (exact) mass is 533 g/mol. The smallest absolute Gasteiger partial charge is 0.191 e. The summed E-state index contributed by atoms with van der Waals surface area (Å²) in [6.07, 6.45) is 6.83. The quantitative estimate of drug-likeness (QED) is 0.327. The Hall–Kier alpha value is -0.510. The molecule has 2 heterocycles. The highest BCUT2D eigenvalue weighted by molar-refractivity contribution is 14.0. The zero-order chi connectivity index (χ0) is 19.8. The molecule has 2 aliphatic heterocycles. The number of hydrogen-bond donors (Lipinski definition) is 2. The molecule has 29 heavy (non-hydrogen) atoms. The fraction of sp³-hybridized carbons (Fsp3) is 0.682. The summed E-state index contributed by atoms with van der Waals surface area (Å²) in [4.78, 5) is 4.44. The summed E-state index contributed by atoms with van der Waals surface area (Å²) in [5, 5.41) is 7.10. The van der Waals surface area contributed by atoms with Crippen molar-refractivity contribution in [3.8, 4) is 0 Å². The molecule has 0 radical (unpaired) electrons. The first-order chi connectivity index (χ1) is 13.7. The summed E-state index contributed by atoms with van der Waals surface area (Å²) in [6.45, 7) is 6.46. The summed E-state index contributed by atoms with van der Waals surface area (Å²) < 4.78 is 11.9. The van der Waals surface area contributed by atoms with Crippen molar-refractivity contribution in [1.82, 2.24) is 10.6 Å². The standard InChI is InChI=1S/C22H35N3O2S.HI/c1-17-6-8-18(9-7-17)20-19(5-4-12-27-20)15-24-21(23-2)25-16-22(28-3)10-13-26-14-11-22;/h6-9,19-20H,4-5,10-16H2,1-3H3,(H2,23,24,25);1H. The molecule has 1 aromatic rings. The molecule has 1 aromatic carbocycles. The van der Waals surface area contributed by atoms with Gasteiger partial charge in [-0.25, -0.2) is 0 Å². The predicted octanol–water partition coefficient (Wildman–Crippen LogP) is 4.16. The fourth-order valence-electron chi connectivity index (χ4n) is 4.07. The van der Waals surface area contributed by atoms with Crippen LogP contribution >= 0.6 is 35.7 Å². The van der Waals surface area contributed by atoms with E-state index in [1.807, 2.05) is 18.8 Å². The van der Waals surface area contributed by atoms with E-state index < -0.39 is 0 Å². The number of nitrogens with zero attached hydrogens (tertiary/aromatic N) is 1. The van der Waals surface area contributed by atoms with Gasteiger partial charge in [0, 0.05) is 50.6 Å². The lowest BCUT2D eigenvalue weighted by atomic mass is 9.89. The van der Waals surface area contributed by atoms with Crippen LogP contribution in [-0.2, 0) is 9.47 Å². The minimum atomic E-state index is 0. The summed E-state index contributed by atoms with van der Waals surface area (Å²) in [6, 6.07) is 8.76. The molecule has 0 saturated carbocycles. The maximum Gasteiger partial charge on any atom is 0.191 e. The zero-order valence-electron chi connectivity index (χ0n) is 17.9. The van der Waals surface area contributed by atoms with Crippen LogP contribution in [0.15, 0.2) is 29.3 Å². The second kappa shape index (κ2) is 12.4. The van der Waals surface area contributed by atoms with E-state index in [1.54, 1.807) is 0 Å². The topological polar surface area (TPSA) is 54.9 Å². The SMILES string of the molecule is CN=C(NCC1CCCOC1c1ccc(C)cc1)NCC1(SC)CCOCC1.I. The third-order valence-electron chi connectivity index (χ3n) is 6.02. The molecular formula is C22H36IN3O2S. The minimum Gasteiger partial charge on any atom is -0.381 e. The van der Waals surface area contributed by atoms with Crippen LogP contribution in [0, 0.1) is 12.8 Å². The highest BCUT2D eigenvalue weighted by Crippen LogP contribution is 2.34. The predicted molar refractivity (Wildman–Crippen MR) is 134 cm³/mol. The van der Waals surface area contributed by atoms with E-state index >= 15 is 0 Å². The Morgan fingerprint density at radius 2 is 1.90 bits per heavy atom. The number of hydrogen-bond acceptors (Lipinski definition) is 4. The highest BCUT2D eigenvalue weighted by Gasteiger charge is 2.32. The number of rotatable bonds is 6. The second-order valence-electron chi connectivity index (χ2n) is 7.91. The lowest BCUT2D eigenvalue weighted by Gasteiger charge is -2.36. The van der Waals surface area contributed by atoms with Gasteiger partial charge in [-0.15, -0.1) is 24.0 Å². The molecule has 0 bridgehead atoms. The molecule has 0 aromatic heterocycles. The molecule has 2 N–H and O–H groups in total. The number of benzene rings is 1. The number of ether oxygens (including phenoxy) is 2. The van der Waals surface area contributed by atoms with E-state index in [2.05, 4.69) is 53.1 Å². The minimum absolute atomic E-state index is 0. The van der Waals surface area contributed by atoms with E-state index in [0.717, 1.165) is 58.1 Å². The summed E-state index contributed by atoms with van der Waals surface area (Å²) in [5.41, 5.74) is 2.57. The van der Waals surface area contributed by atoms with Gasteiger partial charge < -0.3 is 20.1 Å². The van der Waals surface area contributed by atoms with Gasteiger partial charge in [0.2, 0.25) is 0 Å². The molecule has 5 nitrogen and oxygen atoms in total. The molecule has 2 atom stereocenters. The van der Waals surface area contributed by atoms with Crippen molar-refractivity contribution in [2.75, 3.05) is 46.2 Å². The average molecular weight is 534 g/mol. The lowest BCUT2D eigenvalue weighted by Crippen LogP contribution is -2.49. The Balaban J connectivity index is 0.00000300. The molecule has 2 saturated heterocycles. The number of aryl methyl sites for hydroxylation is 1. The fourth-order valence-corrected chi connectivity index (χ4v) is 4.86. The summed E-state index contributed by atoms with van der Waals surface area (Å²) >= 11 is 1.95. The Bertz CT molecular complexity index is 635. The highest BCUT2D eigenvalue weighted by atomic mass is 127. The molecule has 3 rings (SSSR count). The number of halogens is 1. The molecule has 2 unspecified atom stereocenters. The van der Waals surface area contributed by atoms with Gasteiger partial charge in [0.25, 0.3) is 0 Å². The zero-order valence-corrected chi connectivity index (χ0v) is 21.1. The first-order valence-corrected chi connectivity index (χ1v) is 11.6. The van der Waals surface area contributed by atoms with E-state index in [-0.39, 0.29) is 34.8 Å². The van der Waals surface area contributed by atoms with Crippen molar-refractivity contribution >= 4 is 41.7 Å². The van der Waals surface area contributed by atoms with E-state index in [0.29, 0.717) is 5.92 Å². The number of nitrogens with one attached hydrogen (secondary N) is 2. The average Bonchev–Trinajstić information content (AvgIpc) is 2.75. The summed E-state index contributed by atoms with van der Waals surface area (Å²) in [7, 11) is 1.85. The van der Waals surface area contributed by atoms with Crippen LogP contribution in [0.3, 0.4) is 0 Å². The summed E-state index contributed by atoms with van der Waals surface area (Å²) in [5.74, 6) is 1.33. The van der Waals surface area contributed by atoms with Crippen molar-refractivity contribution in [3.63, 3.8) is 0 Å². The van der Waals surface area contributed by atoms with Gasteiger partial charge in [0.05, 0.1) is 6.10 Å². The molecule has 7 heteroatoms. The Kier molecular flexibility index (Phi) is 10.6.